The normalized spacial score (nSPS) is 21.2. The summed E-state index contributed by atoms with van der Waals surface area (Å²) in [6, 6.07) is 2.07. The van der Waals surface area contributed by atoms with Crippen LogP contribution in [-0.4, -0.2) is 18.0 Å². The summed E-state index contributed by atoms with van der Waals surface area (Å²) in [6.45, 7) is 8.51. The predicted octanol–water partition coefficient (Wildman–Crippen LogP) is 2.36. The van der Waals surface area contributed by atoms with Crippen molar-refractivity contribution in [3.8, 4) is 0 Å². The van der Waals surface area contributed by atoms with Gasteiger partial charge in [-0.15, -0.1) is 0 Å². The summed E-state index contributed by atoms with van der Waals surface area (Å²) in [5, 5.41) is 0. The van der Waals surface area contributed by atoms with E-state index in [9.17, 15) is 0 Å². The third-order valence-corrected chi connectivity index (χ3v) is 3.30. The minimum absolute atomic E-state index is 0.446. The first-order valence-corrected chi connectivity index (χ1v) is 6.08. The summed E-state index contributed by atoms with van der Waals surface area (Å²) in [7, 11) is 0. The maximum Gasteiger partial charge on any atom is 0.118 e. The monoisotopic (exact) mass is 222 g/mol. The van der Waals surface area contributed by atoms with Crippen LogP contribution in [0.4, 0.5) is 0 Å². The molecule has 0 aliphatic carbocycles. The van der Waals surface area contributed by atoms with Gasteiger partial charge in [-0.1, -0.05) is 13.8 Å². The quantitative estimate of drug-likeness (QED) is 0.853. The fourth-order valence-electron chi connectivity index (χ4n) is 2.52. The van der Waals surface area contributed by atoms with Crippen LogP contribution in [0.15, 0.2) is 16.7 Å². The average Bonchev–Trinajstić information content (AvgIpc) is 2.64. The molecule has 2 N–H and O–H groups in total. The van der Waals surface area contributed by atoms with Gasteiger partial charge >= 0.3 is 0 Å². The zero-order valence-electron chi connectivity index (χ0n) is 10.3. The molecular formula is C13H22N2O. The van der Waals surface area contributed by atoms with Gasteiger partial charge in [-0.05, 0) is 30.9 Å². The molecule has 3 heteroatoms. The number of rotatable bonds is 3. The maximum atomic E-state index is 5.57. The SMILES string of the molecule is CC1(C)CCCN(Cc2cc(CN)co2)C1. The predicted molar refractivity (Wildman–Crippen MR) is 64.9 cm³/mol. The van der Waals surface area contributed by atoms with Crippen molar-refractivity contribution in [1.82, 2.24) is 4.90 Å². The second kappa shape index (κ2) is 4.60. The van der Waals surface area contributed by atoms with Crippen molar-refractivity contribution in [1.29, 1.82) is 0 Å². The molecule has 1 aliphatic heterocycles. The van der Waals surface area contributed by atoms with Gasteiger partial charge in [0.2, 0.25) is 0 Å². The van der Waals surface area contributed by atoms with Crippen LogP contribution in [0.1, 0.15) is 38.0 Å². The van der Waals surface area contributed by atoms with Crippen LogP contribution in [0.5, 0.6) is 0 Å². The molecule has 0 radical (unpaired) electrons. The number of hydrogen-bond acceptors (Lipinski definition) is 3. The van der Waals surface area contributed by atoms with Crippen molar-refractivity contribution >= 4 is 0 Å². The molecule has 90 valence electrons. The molecule has 1 aromatic heterocycles. The second-order valence-electron chi connectivity index (χ2n) is 5.60. The lowest BCUT2D eigenvalue weighted by atomic mass is 9.84. The lowest BCUT2D eigenvalue weighted by Crippen LogP contribution is -2.39. The fraction of sp³-hybridized carbons (Fsp3) is 0.692. The van der Waals surface area contributed by atoms with Gasteiger partial charge in [0, 0.05) is 18.7 Å². The molecular weight excluding hydrogens is 200 g/mol. The molecule has 0 bridgehead atoms. The van der Waals surface area contributed by atoms with E-state index in [2.05, 4.69) is 24.8 Å². The fourth-order valence-corrected chi connectivity index (χ4v) is 2.52. The third kappa shape index (κ3) is 2.86. The number of likely N-dealkylation sites (tertiary alicyclic amines) is 1. The van der Waals surface area contributed by atoms with Gasteiger partial charge in [0.05, 0.1) is 12.8 Å². The molecule has 1 aliphatic rings. The van der Waals surface area contributed by atoms with Crippen molar-refractivity contribution in [2.75, 3.05) is 13.1 Å². The Morgan fingerprint density at radius 2 is 2.31 bits per heavy atom. The smallest absolute Gasteiger partial charge is 0.118 e. The Morgan fingerprint density at radius 3 is 2.94 bits per heavy atom. The molecule has 1 fully saturated rings. The minimum atomic E-state index is 0.446. The summed E-state index contributed by atoms with van der Waals surface area (Å²) in [5.74, 6) is 1.04. The summed E-state index contributed by atoms with van der Waals surface area (Å²) < 4.78 is 5.50. The highest BCUT2D eigenvalue weighted by Gasteiger charge is 2.26. The van der Waals surface area contributed by atoms with Crippen LogP contribution in [0.3, 0.4) is 0 Å². The van der Waals surface area contributed by atoms with Crippen molar-refractivity contribution in [2.24, 2.45) is 11.1 Å². The first kappa shape index (κ1) is 11.7. The van der Waals surface area contributed by atoms with E-state index >= 15 is 0 Å². The molecule has 0 atom stereocenters. The molecule has 1 saturated heterocycles. The Kier molecular flexibility index (Phi) is 3.36. The molecule has 0 saturated carbocycles. The molecule has 0 spiro atoms. The average molecular weight is 222 g/mol. The van der Waals surface area contributed by atoms with Crippen LogP contribution in [0, 0.1) is 5.41 Å². The van der Waals surface area contributed by atoms with Crippen LogP contribution in [0.25, 0.3) is 0 Å². The van der Waals surface area contributed by atoms with Crippen molar-refractivity contribution in [2.45, 2.75) is 39.8 Å². The minimum Gasteiger partial charge on any atom is -0.468 e. The number of nitrogens with zero attached hydrogens (tertiary/aromatic N) is 1. The summed E-state index contributed by atoms with van der Waals surface area (Å²) in [5.41, 5.74) is 7.10. The highest BCUT2D eigenvalue weighted by atomic mass is 16.3. The van der Waals surface area contributed by atoms with Crippen LogP contribution in [-0.2, 0) is 13.1 Å². The topological polar surface area (TPSA) is 42.4 Å². The Morgan fingerprint density at radius 1 is 1.50 bits per heavy atom. The van der Waals surface area contributed by atoms with Gasteiger partial charge in [0.25, 0.3) is 0 Å². The highest BCUT2D eigenvalue weighted by Crippen LogP contribution is 2.29. The van der Waals surface area contributed by atoms with Crippen molar-refractivity contribution in [3.05, 3.63) is 23.7 Å². The molecule has 16 heavy (non-hydrogen) atoms. The summed E-state index contributed by atoms with van der Waals surface area (Å²) in [4.78, 5) is 2.47. The standard InChI is InChI=1S/C13H22N2O/c1-13(2)4-3-5-15(10-13)8-12-6-11(7-14)9-16-12/h6,9H,3-5,7-8,10,14H2,1-2H3. The molecule has 3 nitrogen and oxygen atoms in total. The molecule has 1 aromatic rings. The van der Waals surface area contributed by atoms with E-state index < -0.39 is 0 Å². The van der Waals surface area contributed by atoms with E-state index in [1.54, 1.807) is 6.26 Å². The summed E-state index contributed by atoms with van der Waals surface area (Å²) >= 11 is 0. The Balaban J connectivity index is 1.94. The lowest BCUT2D eigenvalue weighted by Gasteiger charge is -2.37. The number of nitrogens with two attached hydrogens (primary N) is 1. The van der Waals surface area contributed by atoms with Gasteiger partial charge in [-0.2, -0.15) is 0 Å². The zero-order chi connectivity index (χ0) is 11.6. The second-order valence-corrected chi connectivity index (χ2v) is 5.60. The Labute approximate surface area is 97.6 Å². The van der Waals surface area contributed by atoms with E-state index in [0.29, 0.717) is 12.0 Å². The van der Waals surface area contributed by atoms with Gasteiger partial charge in [0.1, 0.15) is 5.76 Å². The van der Waals surface area contributed by atoms with Crippen molar-refractivity contribution < 1.29 is 4.42 Å². The van der Waals surface area contributed by atoms with Crippen LogP contribution in [0.2, 0.25) is 0 Å². The first-order chi connectivity index (χ1) is 7.59. The molecule has 0 amide bonds. The number of hydrogen-bond donors (Lipinski definition) is 1. The first-order valence-electron chi connectivity index (χ1n) is 6.08. The van der Waals surface area contributed by atoms with Gasteiger partial charge in [0.15, 0.2) is 0 Å². The van der Waals surface area contributed by atoms with E-state index in [4.69, 9.17) is 10.2 Å². The summed E-state index contributed by atoms with van der Waals surface area (Å²) in [6.07, 6.45) is 4.39. The third-order valence-electron chi connectivity index (χ3n) is 3.30. The van der Waals surface area contributed by atoms with Crippen LogP contribution < -0.4 is 5.73 Å². The van der Waals surface area contributed by atoms with Gasteiger partial charge in [-0.3, -0.25) is 4.90 Å². The Bertz CT molecular complexity index is 343. The molecule has 2 heterocycles. The van der Waals surface area contributed by atoms with E-state index in [-0.39, 0.29) is 0 Å². The Hall–Kier alpha value is -0.800. The van der Waals surface area contributed by atoms with Gasteiger partial charge < -0.3 is 10.2 Å². The van der Waals surface area contributed by atoms with Gasteiger partial charge in [-0.25, -0.2) is 0 Å². The molecule has 2 rings (SSSR count). The molecule has 0 unspecified atom stereocenters. The molecule has 0 aromatic carbocycles. The van der Waals surface area contributed by atoms with E-state index in [0.717, 1.165) is 24.4 Å². The van der Waals surface area contributed by atoms with Crippen LogP contribution >= 0.6 is 0 Å². The maximum absolute atomic E-state index is 5.57. The van der Waals surface area contributed by atoms with Crippen molar-refractivity contribution in [3.63, 3.8) is 0 Å². The lowest BCUT2D eigenvalue weighted by molar-refractivity contribution is 0.105. The van der Waals surface area contributed by atoms with E-state index in [1.807, 2.05) is 0 Å². The highest BCUT2D eigenvalue weighted by molar-refractivity contribution is 5.12. The number of piperidine rings is 1. The largest absolute Gasteiger partial charge is 0.468 e. The number of furan rings is 1. The zero-order valence-corrected chi connectivity index (χ0v) is 10.3. The van der Waals surface area contributed by atoms with E-state index in [1.165, 1.54) is 19.4 Å².